The van der Waals surface area contributed by atoms with E-state index in [9.17, 15) is 8.42 Å². The Balaban J connectivity index is 2.29. The summed E-state index contributed by atoms with van der Waals surface area (Å²) < 4.78 is 26.1. The summed E-state index contributed by atoms with van der Waals surface area (Å²) in [6.07, 6.45) is 0.844. The van der Waals surface area contributed by atoms with Gasteiger partial charge >= 0.3 is 0 Å². The number of hydrogen-bond acceptors (Lipinski definition) is 3. The molecule has 2 rings (SSSR count). The number of nitrogens with one attached hydrogen (secondary N) is 1. The third kappa shape index (κ3) is 2.63. The molecular weight excluding hydrogens is 260 g/mol. The minimum Gasteiger partial charge on any atom is -0.315 e. The molecule has 0 bridgehead atoms. The number of sulfonamides is 1. The Bertz CT molecular complexity index is 498. The van der Waals surface area contributed by atoms with Crippen LogP contribution in [0.4, 0.5) is 0 Å². The lowest BCUT2D eigenvalue weighted by Crippen LogP contribution is -2.38. The lowest BCUT2D eigenvalue weighted by Gasteiger charge is -2.23. The summed E-state index contributed by atoms with van der Waals surface area (Å²) in [6.45, 7) is 1.57. The van der Waals surface area contributed by atoms with Crippen molar-refractivity contribution in [2.45, 2.75) is 17.4 Å². The first-order chi connectivity index (χ1) is 8.01. The van der Waals surface area contributed by atoms with E-state index in [0.717, 1.165) is 13.0 Å². The maximum absolute atomic E-state index is 12.3. The van der Waals surface area contributed by atoms with Crippen LogP contribution < -0.4 is 5.32 Å². The molecule has 17 heavy (non-hydrogen) atoms. The average Bonchev–Trinajstić information content (AvgIpc) is 2.81. The van der Waals surface area contributed by atoms with Crippen LogP contribution >= 0.6 is 11.6 Å². The summed E-state index contributed by atoms with van der Waals surface area (Å²) in [4.78, 5) is 0.249. The summed E-state index contributed by atoms with van der Waals surface area (Å²) >= 11 is 5.82. The number of likely N-dealkylation sites (N-methyl/N-ethyl adjacent to an activating group) is 1. The molecule has 1 aromatic carbocycles. The molecule has 0 aliphatic carbocycles. The molecule has 1 unspecified atom stereocenters. The minimum atomic E-state index is -3.44. The van der Waals surface area contributed by atoms with Crippen LogP contribution in [0.25, 0.3) is 0 Å². The SMILES string of the molecule is CN(C1CCNC1)S(=O)(=O)c1cccc(Cl)c1. The largest absolute Gasteiger partial charge is 0.315 e. The number of benzene rings is 1. The number of halogens is 1. The summed E-state index contributed by atoms with van der Waals surface area (Å²) in [5.74, 6) is 0. The fourth-order valence-electron chi connectivity index (χ4n) is 1.94. The first-order valence-electron chi connectivity index (χ1n) is 5.46. The van der Waals surface area contributed by atoms with Gasteiger partial charge in [0.05, 0.1) is 4.90 Å². The van der Waals surface area contributed by atoms with Gasteiger partial charge in [-0.05, 0) is 31.2 Å². The second kappa shape index (κ2) is 4.94. The maximum Gasteiger partial charge on any atom is 0.243 e. The van der Waals surface area contributed by atoms with Gasteiger partial charge in [0.25, 0.3) is 0 Å². The Labute approximate surface area is 107 Å². The molecule has 94 valence electrons. The summed E-state index contributed by atoms with van der Waals surface area (Å²) in [6, 6.07) is 6.39. The van der Waals surface area contributed by atoms with Gasteiger partial charge in [-0.1, -0.05) is 17.7 Å². The van der Waals surface area contributed by atoms with Crippen LogP contribution in [0.15, 0.2) is 29.2 Å². The lowest BCUT2D eigenvalue weighted by atomic mass is 10.3. The van der Waals surface area contributed by atoms with Gasteiger partial charge in [0.1, 0.15) is 0 Å². The molecule has 0 spiro atoms. The fourth-order valence-corrected chi connectivity index (χ4v) is 3.63. The summed E-state index contributed by atoms with van der Waals surface area (Å²) in [7, 11) is -1.82. The molecule has 0 saturated carbocycles. The van der Waals surface area contributed by atoms with E-state index in [4.69, 9.17) is 11.6 Å². The Morgan fingerprint density at radius 2 is 2.24 bits per heavy atom. The molecule has 4 nitrogen and oxygen atoms in total. The van der Waals surface area contributed by atoms with Crippen LogP contribution in [0, 0.1) is 0 Å². The molecule has 6 heteroatoms. The minimum absolute atomic E-state index is 0.0268. The van der Waals surface area contributed by atoms with Gasteiger partial charge in [0, 0.05) is 24.7 Å². The van der Waals surface area contributed by atoms with Crippen molar-refractivity contribution in [1.82, 2.24) is 9.62 Å². The van der Waals surface area contributed by atoms with E-state index in [2.05, 4.69) is 5.32 Å². The molecule has 0 aromatic heterocycles. The Morgan fingerprint density at radius 1 is 1.47 bits per heavy atom. The predicted molar refractivity (Wildman–Crippen MR) is 67.7 cm³/mol. The van der Waals surface area contributed by atoms with Crippen LogP contribution in [0.3, 0.4) is 0 Å². The van der Waals surface area contributed by atoms with Crippen molar-refractivity contribution >= 4 is 21.6 Å². The van der Waals surface area contributed by atoms with Gasteiger partial charge < -0.3 is 5.32 Å². The maximum atomic E-state index is 12.3. The molecule has 1 atom stereocenters. The highest BCUT2D eigenvalue weighted by atomic mass is 35.5. The van der Waals surface area contributed by atoms with Crippen molar-refractivity contribution in [3.8, 4) is 0 Å². The molecule has 1 heterocycles. The van der Waals surface area contributed by atoms with E-state index in [1.165, 1.54) is 10.4 Å². The van der Waals surface area contributed by atoms with Crippen molar-refractivity contribution < 1.29 is 8.42 Å². The second-order valence-corrected chi connectivity index (χ2v) is 6.56. The van der Waals surface area contributed by atoms with Crippen LogP contribution in [-0.2, 0) is 10.0 Å². The van der Waals surface area contributed by atoms with Crippen molar-refractivity contribution in [1.29, 1.82) is 0 Å². The summed E-state index contributed by atoms with van der Waals surface area (Å²) in [5.41, 5.74) is 0. The van der Waals surface area contributed by atoms with Crippen LogP contribution in [0.1, 0.15) is 6.42 Å². The standard InChI is InChI=1S/C11H15ClN2O2S/c1-14(10-5-6-13-8-10)17(15,16)11-4-2-3-9(12)7-11/h2-4,7,10,13H,5-6,8H2,1H3. The van der Waals surface area contributed by atoms with Crippen molar-refractivity contribution in [3.63, 3.8) is 0 Å². The number of nitrogens with zero attached hydrogens (tertiary/aromatic N) is 1. The third-order valence-electron chi connectivity index (χ3n) is 3.02. The van der Waals surface area contributed by atoms with Gasteiger partial charge in [0.15, 0.2) is 0 Å². The number of hydrogen-bond donors (Lipinski definition) is 1. The first-order valence-corrected chi connectivity index (χ1v) is 7.28. The molecule has 1 N–H and O–H groups in total. The van der Waals surface area contributed by atoms with Crippen molar-refractivity contribution in [2.24, 2.45) is 0 Å². The molecular formula is C11H15ClN2O2S. The Morgan fingerprint density at radius 3 is 2.82 bits per heavy atom. The van der Waals surface area contributed by atoms with Crippen LogP contribution in [0.5, 0.6) is 0 Å². The van der Waals surface area contributed by atoms with E-state index in [1.54, 1.807) is 25.2 Å². The molecule has 1 fully saturated rings. The van der Waals surface area contributed by atoms with Crippen molar-refractivity contribution in [2.75, 3.05) is 20.1 Å². The van der Waals surface area contributed by atoms with E-state index < -0.39 is 10.0 Å². The quantitative estimate of drug-likeness (QED) is 0.905. The second-order valence-electron chi connectivity index (χ2n) is 4.13. The zero-order chi connectivity index (χ0) is 12.5. The number of rotatable bonds is 3. The predicted octanol–water partition coefficient (Wildman–Crippen LogP) is 1.32. The zero-order valence-electron chi connectivity index (χ0n) is 9.56. The summed E-state index contributed by atoms with van der Waals surface area (Å²) in [5, 5.41) is 3.59. The van der Waals surface area contributed by atoms with E-state index in [1.807, 2.05) is 0 Å². The first kappa shape index (κ1) is 12.8. The Hall–Kier alpha value is -0.620. The van der Waals surface area contributed by atoms with E-state index in [0.29, 0.717) is 11.6 Å². The zero-order valence-corrected chi connectivity index (χ0v) is 11.1. The van der Waals surface area contributed by atoms with Gasteiger partial charge in [-0.15, -0.1) is 0 Å². The molecule has 0 amide bonds. The topological polar surface area (TPSA) is 49.4 Å². The molecule has 0 radical (unpaired) electrons. The molecule has 1 aliphatic heterocycles. The highest BCUT2D eigenvalue weighted by Crippen LogP contribution is 2.21. The van der Waals surface area contributed by atoms with Gasteiger partial charge in [-0.3, -0.25) is 0 Å². The highest BCUT2D eigenvalue weighted by Gasteiger charge is 2.29. The van der Waals surface area contributed by atoms with Gasteiger partial charge in [-0.25, -0.2) is 8.42 Å². The molecule has 1 saturated heterocycles. The van der Waals surface area contributed by atoms with Crippen molar-refractivity contribution in [3.05, 3.63) is 29.3 Å². The molecule has 1 aromatic rings. The van der Waals surface area contributed by atoms with E-state index >= 15 is 0 Å². The van der Waals surface area contributed by atoms with Gasteiger partial charge in [0.2, 0.25) is 10.0 Å². The van der Waals surface area contributed by atoms with Crippen LogP contribution in [-0.4, -0.2) is 38.9 Å². The monoisotopic (exact) mass is 274 g/mol. The highest BCUT2D eigenvalue weighted by molar-refractivity contribution is 7.89. The average molecular weight is 275 g/mol. The Kier molecular flexibility index (Phi) is 3.73. The normalized spacial score (nSPS) is 21.0. The molecule has 1 aliphatic rings. The lowest BCUT2D eigenvalue weighted by molar-refractivity contribution is 0.388. The van der Waals surface area contributed by atoms with E-state index in [-0.39, 0.29) is 10.9 Å². The smallest absolute Gasteiger partial charge is 0.243 e. The third-order valence-corrected chi connectivity index (χ3v) is 5.16. The van der Waals surface area contributed by atoms with Crippen LogP contribution in [0.2, 0.25) is 5.02 Å². The fraction of sp³-hybridized carbons (Fsp3) is 0.455. The van der Waals surface area contributed by atoms with Gasteiger partial charge in [-0.2, -0.15) is 4.31 Å².